The van der Waals surface area contributed by atoms with Gasteiger partial charge in [0.1, 0.15) is 6.61 Å². The Bertz CT molecular complexity index is 1070. The van der Waals surface area contributed by atoms with E-state index in [0.717, 1.165) is 17.8 Å². The number of alkyl halides is 3. The van der Waals surface area contributed by atoms with Gasteiger partial charge in [-0.1, -0.05) is 12.1 Å². The second-order valence-electron chi connectivity index (χ2n) is 8.21. The van der Waals surface area contributed by atoms with E-state index in [4.69, 9.17) is 14.2 Å². The fraction of sp³-hybridized carbons (Fsp3) is 0.440. The van der Waals surface area contributed by atoms with Gasteiger partial charge >= 0.3 is 12.2 Å². The average Bonchev–Trinajstić information content (AvgIpc) is 3.28. The lowest BCUT2D eigenvalue weighted by Gasteiger charge is -2.15. The van der Waals surface area contributed by atoms with Crippen LogP contribution in [-0.4, -0.2) is 65.1 Å². The van der Waals surface area contributed by atoms with Crippen LogP contribution in [0.15, 0.2) is 48.5 Å². The van der Waals surface area contributed by atoms with Crippen LogP contribution < -0.4 is 10.1 Å². The van der Waals surface area contributed by atoms with Gasteiger partial charge < -0.3 is 24.6 Å². The number of aliphatic hydroxyl groups excluding tert-OH is 1. The number of hydrogen-bond donors (Lipinski definition) is 2. The summed E-state index contributed by atoms with van der Waals surface area (Å²) in [7, 11) is 0. The first kappa shape index (κ1) is 27.4. The maximum atomic E-state index is 13.0. The molecule has 0 radical (unpaired) electrons. The van der Waals surface area contributed by atoms with E-state index in [-0.39, 0.29) is 25.3 Å². The normalized spacial score (nSPS) is 12.7. The van der Waals surface area contributed by atoms with Gasteiger partial charge in [-0.05, 0) is 57.2 Å². The number of ether oxygens (including phenoxy) is 3. The molecule has 0 amide bonds. The number of nitrogens with one attached hydrogen (secondary N) is 1. The molecular weight excluding hydrogens is 477 g/mol. The average molecular weight is 509 g/mol. The zero-order valence-electron chi connectivity index (χ0n) is 20.5. The first-order chi connectivity index (χ1) is 17.2. The molecule has 0 saturated heterocycles. The van der Waals surface area contributed by atoms with Crippen molar-refractivity contribution in [2.75, 3.05) is 38.3 Å². The molecule has 1 atom stereocenters. The Morgan fingerprint density at radius 2 is 1.72 bits per heavy atom. The van der Waals surface area contributed by atoms with Crippen LogP contribution in [0.5, 0.6) is 6.01 Å². The molecule has 1 heterocycles. The quantitative estimate of drug-likeness (QED) is 0.327. The maximum absolute atomic E-state index is 13.0. The molecular formula is C25H31F3N4O4. The number of anilines is 1. The van der Waals surface area contributed by atoms with Gasteiger partial charge in [0.2, 0.25) is 0 Å². The Morgan fingerprint density at radius 3 is 2.33 bits per heavy atom. The van der Waals surface area contributed by atoms with E-state index in [1.54, 1.807) is 24.3 Å². The van der Waals surface area contributed by atoms with Crippen LogP contribution in [0.3, 0.4) is 0 Å². The van der Waals surface area contributed by atoms with E-state index in [1.807, 2.05) is 20.8 Å². The smallest absolute Gasteiger partial charge is 0.416 e. The number of benzene rings is 2. The van der Waals surface area contributed by atoms with Gasteiger partial charge in [-0.15, -0.1) is 5.10 Å². The third kappa shape index (κ3) is 7.94. The fourth-order valence-corrected chi connectivity index (χ4v) is 3.18. The molecule has 11 heteroatoms. The first-order valence-electron chi connectivity index (χ1n) is 11.7. The number of nitrogens with zero attached hydrogens (tertiary/aromatic N) is 3. The van der Waals surface area contributed by atoms with Crippen LogP contribution in [0.25, 0.3) is 17.1 Å². The van der Waals surface area contributed by atoms with Gasteiger partial charge in [0, 0.05) is 24.4 Å². The van der Waals surface area contributed by atoms with Crippen molar-refractivity contribution >= 4 is 5.69 Å². The summed E-state index contributed by atoms with van der Waals surface area (Å²) < 4.78 is 56.8. The third-order valence-corrected chi connectivity index (χ3v) is 5.00. The Balaban J connectivity index is 1.79. The van der Waals surface area contributed by atoms with Crippen molar-refractivity contribution in [2.45, 2.75) is 39.2 Å². The zero-order chi connectivity index (χ0) is 26.1. The summed E-state index contributed by atoms with van der Waals surface area (Å²) in [6, 6.07) is 12.0. The van der Waals surface area contributed by atoms with Crippen LogP contribution in [0.2, 0.25) is 0 Å². The summed E-state index contributed by atoms with van der Waals surface area (Å²) in [5.41, 5.74) is 1.10. The van der Waals surface area contributed by atoms with Crippen LogP contribution in [0, 0.1) is 0 Å². The summed E-state index contributed by atoms with van der Waals surface area (Å²) in [4.78, 5) is 4.39. The molecule has 0 fully saturated rings. The molecule has 2 N–H and O–H groups in total. The Hall–Kier alpha value is -3.15. The highest BCUT2D eigenvalue weighted by molar-refractivity contribution is 5.60. The van der Waals surface area contributed by atoms with Gasteiger partial charge in [0.05, 0.1) is 36.7 Å². The van der Waals surface area contributed by atoms with Crippen molar-refractivity contribution in [3.63, 3.8) is 0 Å². The molecule has 196 valence electrons. The molecule has 8 nitrogen and oxygen atoms in total. The van der Waals surface area contributed by atoms with Crippen molar-refractivity contribution in [1.82, 2.24) is 14.8 Å². The highest BCUT2D eigenvalue weighted by atomic mass is 19.4. The molecule has 0 bridgehead atoms. The SMILES string of the molecule is CCOCCOc1nc(-c2ccc(C(F)(F)F)cc2)n(-c2ccc(NCC(O)COC(C)C)cc2)n1. The summed E-state index contributed by atoms with van der Waals surface area (Å²) in [6.07, 6.45) is -5.06. The standard InChI is InChI=1S/C25H31F3N4O4/c1-4-34-13-14-35-24-30-23(18-5-7-19(8-6-18)25(26,27)28)32(31-24)21-11-9-20(10-12-21)29-15-22(33)16-36-17(2)3/h5-12,17,22,29,33H,4,13-16H2,1-3H3. The van der Waals surface area contributed by atoms with Crippen LogP contribution in [-0.2, 0) is 15.7 Å². The first-order valence-corrected chi connectivity index (χ1v) is 11.7. The van der Waals surface area contributed by atoms with Crippen molar-refractivity contribution in [3.8, 4) is 23.1 Å². The molecule has 1 unspecified atom stereocenters. The van der Waals surface area contributed by atoms with Crippen molar-refractivity contribution in [2.24, 2.45) is 0 Å². The molecule has 2 aromatic carbocycles. The highest BCUT2D eigenvalue weighted by Gasteiger charge is 2.30. The van der Waals surface area contributed by atoms with Gasteiger partial charge in [-0.3, -0.25) is 0 Å². The zero-order valence-corrected chi connectivity index (χ0v) is 20.5. The van der Waals surface area contributed by atoms with Gasteiger partial charge in [-0.2, -0.15) is 18.2 Å². The molecule has 0 aliphatic heterocycles. The predicted molar refractivity (Wildman–Crippen MR) is 129 cm³/mol. The third-order valence-electron chi connectivity index (χ3n) is 5.00. The van der Waals surface area contributed by atoms with E-state index >= 15 is 0 Å². The lowest BCUT2D eigenvalue weighted by Crippen LogP contribution is -2.26. The van der Waals surface area contributed by atoms with E-state index < -0.39 is 17.8 Å². The lowest BCUT2D eigenvalue weighted by molar-refractivity contribution is -0.137. The van der Waals surface area contributed by atoms with Crippen LogP contribution in [0.1, 0.15) is 26.3 Å². The minimum Gasteiger partial charge on any atom is -0.460 e. The summed E-state index contributed by atoms with van der Waals surface area (Å²) in [5.74, 6) is 0.331. The number of hydrogen-bond acceptors (Lipinski definition) is 7. The number of rotatable bonds is 13. The topological polar surface area (TPSA) is 90.7 Å². The molecule has 0 spiro atoms. The molecule has 3 aromatic rings. The Labute approximate surface area is 208 Å². The minimum atomic E-state index is -4.43. The monoisotopic (exact) mass is 508 g/mol. The Morgan fingerprint density at radius 1 is 1.03 bits per heavy atom. The van der Waals surface area contributed by atoms with E-state index in [1.165, 1.54) is 16.8 Å². The lowest BCUT2D eigenvalue weighted by atomic mass is 10.1. The minimum absolute atomic E-state index is 0.0357. The van der Waals surface area contributed by atoms with Crippen molar-refractivity contribution in [3.05, 3.63) is 54.1 Å². The maximum Gasteiger partial charge on any atom is 0.416 e. The van der Waals surface area contributed by atoms with Crippen molar-refractivity contribution in [1.29, 1.82) is 0 Å². The second-order valence-corrected chi connectivity index (χ2v) is 8.21. The van der Waals surface area contributed by atoms with Crippen LogP contribution >= 0.6 is 0 Å². The molecule has 36 heavy (non-hydrogen) atoms. The summed E-state index contributed by atoms with van der Waals surface area (Å²) in [5, 5.41) is 17.6. The van der Waals surface area contributed by atoms with Crippen LogP contribution in [0.4, 0.5) is 18.9 Å². The summed E-state index contributed by atoms with van der Waals surface area (Å²) in [6.45, 7) is 7.34. The largest absolute Gasteiger partial charge is 0.460 e. The van der Waals surface area contributed by atoms with E-state index in [2.05, 4.69) is 15.4 Å². The fourth-order valence-electron chi connectivity index (χ4n) is 3.18. The van der Waals surface area contributed by atoms with E-state index in [9.17, 15) is 18.3 Å². The highest BCUT2D eigenvalue weighted by Crippen LogP contribution is 2.31. The number of aromatic nitrogens is 3. The summed E-state index contributed by atoms with van der Waals surface area (Å²) >= 11 is 0. The molecule has 0 saturated carbocycles. The second kappa shape index (κ2) is 12.7. The predicted octanol–water partition coefficient (Wildman–Crippen LogP) is 4.57. The van der Waals surface area contributed by atoms with E-state index in [0.29, 0.717) is 36.8 Å². The molecule has 3 rings (SSSR count). The van der Waals surface area contributed by atoms with Gasteiger partial charge in [-0.25, -0.2) is 4.68 Å². The van der Waals surface area contributed by atoms with Crippen molar-refractivity contribution < 1.29 is 32.5 Å². The molecule has 0 aliphatic carbocycles. The molecule has 0 aliphatic rings. The van der Waals surface area contributed by atoms with Gasteiger partial charge in [0.25, 0.3) is 0 Å². The molecule has 1 aromatic heterocycles. The number of aliphatic hydroxyl groups is 1. The van der Waals surface area contributed by atoms with Gasteiger partial charge in [0.15, 0.2) is 5.82 Å². The number of halogens is 3. The Kier molecular flexibility index (Phi) is 9.68.